The van der Waals surface area contributed by atoms with E-state index in [2.05, 4.69) is 6.58 Å². The van der Waals surface area contributed by atoms with Crippen LogP contribution < -0.4 is 0 Å². The summed E-state index contributed by atoms with van der Waals surface area (Å²) in [5.74, 6) is 0. The van der Waals surface area contributed by atoms with Crippen LogP contribution in [0.1, 0.15) is 6.92 Å². The average molecular weight is 128 g/mol. The molecule has 0 bridgehead atoms. The molecule has 0 aliphatic carbocycles. The molecule has 1 rings (SSSR count). The third-order valence-electron chi connectivity index (χ3n) is 1.80. The average Bonchev–Trinajstić information content (AvgIpc) is 1.81. The van der Waals surface area contributed by atoms with Gasteiger partial charge in [0.1, 0.15) is 0 Å². The fraction of sp³-hybridized carbons (Fsp3) is 0.714. The molecule has 2 heteroatoms. The van der Waals surface area contributed by atoms with Crippen molar-refractivity contribution in [2.24, 2.45) is 5.41 Å². The smallest absolute Gasteiger partial charge is 0.0816 e. The summed E-state index contributed by atoms with van der Waals surface area (Å²) in [4.78, 5) is 0. The van der Waals surface area contributed by atoms with Crippen molar-refractivity contribution >= 4 is 0 Å². The maximum absolute atomic E-state index is 9.24. The van der Waals surface area contributed by atoms with Crippen molar-refractivity contribution in [2.45, 2.75) is 13.0 Å². The molecule has 1 saturated heterocycles. The quantitative estimate of drug-likeness (QED) is 0.551. The predicted molar refractivity (Wildman–Crippen MR) is 35.1 cm³/mol. The number of aliphatic hydroxyl groups excluding tert-OH is 1. The fourth-order valence-corrected chi connectivity index (χ4v) is 0.879. The molecular formula is C7H12O2. The van der Waals surface area contributed by atoms with Gasteiger partial charge in [0.2, 0.25) is 0 Å². The second-order valence-corrected chi connectivity index (χ2v) is 2.83. The molecule has 1 unspecified atom stereocenters. The number of hydrogen-bond donors (Lipinski definition) is 1. The predicted octanol–water partition coefficient (Wildman–Crippen LogP) is 0.570. The number of aliphatic hydroxyl groups is 1. The van der Waals surface area contributed by atoms with E-state index in [4.69, 9.17) is 4.74 Å². The lowest BCUT2D eigenvalue weighted by Crippen LogP contribution is -2.48. The third kappa shape index (κ3) is 1.00. The van der Waals surface area contributed by atoms with E-state index in [1.54, 1.807) is 6.08 Å². The Hall–Kier alpha value is -0.340. The minimum absolute atomic E-state index is 0.0538. The van der Waals surface area contributed by atoms with E-state index in [0.29, 0.717) is 13.2 Å². The van der Waals surface area contributed by atoms with Crippen LogP contribution in [0.2, 0.25) is 0 Å². The highest BCUT2D eigenvalue weighted by Gasteiger charge is 2.38. The SMILES string of the molecule is C=CC(O)C1(C)COC1. The first kappa shape index (κ1) is 6.78. The zero-order valence-electron chi connectivity index (χ0n) is 5.63. The molecule has 0 aromatic rings. The molecular weight excluding hydrogens is 116 g/mol. The summed E-state index contributed by atoms with van der Waals surface area (Å²) in [6, 6.07) is 0. The van der Waals surface area contributed by atoms with Gasteiger partial charge in [-0.3, -0.25) is 0 Å². The Balaban J connectivity index is 2.48. The van der Waals surface area contributed by atoms with E-state index >= 15 is 0 Å². The van der Waals surface area contributed by atoms with Crippen LogP contribution in [-0.2, 0) is 4.74 Å². The Morgan fingerprint density at radius 2 is 2.33 bits per heavy atom. The van der Waals surface area contributed by atoms with Gasteiger partial charge >= 0.3 is 0 Å². The monoisotopic (exact) mass is 128 g/mol. The molecule has 0 amide bonds. The van der Waals surface area contributed by atoms with Gasteiger partial charge in [0.15, 0.2) is 0 Å². The van der Waals surface area contributed by atoms with Crippen LogP contribution >= 0.6 is 0 Å². The van der Waals surface area contributed by atoms with Gasteiger partial charge in [-0.2, -0.15) is 0 Å². The molecule has 1 N–H and O–H groups in total. The van der Waals surface area contributed by atoms with Crippen LogP contribution in [0.15, 0.2) is 12.7 Å². The molecule has 0 radical (unpaired) electrons. The van der Waals surface area contributed by atoms with E-state index in [9.17, 15) is 5.11 Å². The summed E-state index contributed by atoms with van der Waals surface area (Å²) in [5, 5.41) is 9.24. The van der Waals surface area contributed by atoms with E-state index in [0.717, 1.165) is 0 Å². The van der Waals surface area contributed by atoms with Gasteiger partial charge in [0, 0.05) is 5.41 Å². The Morgan fingerprint density at radius 1 is 1.78 bits per heavy atom. The first-order valence-electron chi connectivity index (χ1n) is 3.07. The number of hydrogen-bond acceptors (Lipinski definition) is 2. The number of ether oxygens (including phenoxy) is 1. The van der Waals surface area contributed by atoms with Crippen LogP contribution in [0.4, 0.5) is 0 Å². The first-order valence-corrected chi connectivity index (χ1v) is 3.07. The van der Waals surface area contributed by atoms with Crippen LogP contribution in [0.3, 0.4) is 0 Å². The van der Waals surface area contributed by atoms with Crippen molar-refractivity contribution in [1.29, 1.82) is 0 Å². The normalized spacial score (nSPS) is 26.4. The highest BCUT2D eigenvalue weighted by Crippen LogP contribution is 2.30. The van der Waals surface area contributed by atoms with Crippen LogP contribution in [-0.4, -0.2) is 24.4 Å². The molecule has 1 aliphatic heterocycles. The van der Waals surface area contributed by atoms with Gasteiger partial charge in [-0.05, 0) is 0 Å². The van der Waals surface area contributed by atoms with Gasteiger partial charge in [-0.1, -0.05) is 13.0 Å². The minimum Gasteiger partial charge on any atom is -0.388 e. The summed E-state index contributed by atoms with van der Waals surface area (Å²) in [6.45, 7) is 6.80. The summed E-state index contributed by atoms with van der Waals surface area (Å²) in [6.07, 6.45) is 1.15. The van der Waals surface area contributed by atoms with Crippen LogP contribution in [0.25, 0.3) is 0 Å². The zero-order valence-corrected chi connectivity index (χ0v) is 5.63. The second kappa shape index (κ2) is 2.12. The maximum Gasteiger partial charge on any atom is 0.0816 e. The standard InChI is InChI=1S/C7H12O2/c1-3-6(8)7(2)4-9-5-7/h3,6,8H,1,4-5H2,2H3. The lowest BCUT2D eigenvalue weighted by atomic mass is 9.82. The lowest BCUT2D eigenvalue weighted by Gasteiger charge is -2.40. The molecule has 0 aromatic heterocycles. The van der Waals surface area contributed by atoms with E-state index in [1.165, 1.54) is 0 Å². The lowest BCUT2D eigenvalue weighted by molar-refractivity contribution is -0.147. The highest BCUT2D eigenvalue weighted by molar-refractivity contribution is 4.96. The second-order valence-electron chi connectivity index (χ2n) is 2.83. The van der Waals surface area contributed by atoms with Crippen LogP contribution in [0.5, 0.6) is 0 Å². The first-order chi connectivity index (χ1) is 4.19. The summed E-state index contributed by atoms with van der Waals surface area (Å²) < 4.78 is 4.95. The van der Waals surface area contributed by atoms with E-state index in [1.807, 2.05) is 6.92 Å². The van der Waals surface area contributed by atoms with Crippen molar-refractivity contribution in [3.63, 3.8) is 0 Å². The molecule has 0 saturated carbocycles. The van der Waals surface area contributed by atoms with Crippen molar-refractivity contribution < 1.29 is 9.84 Å². The van der Waals surface area contributed by atoms with Crippen LogP contribution in [0, 0.1) is 5.41 Å². The van der Waals surface area contributed by atoms with Gasteiger partial charge in [0.05, 0.1) is 19.3 Å². The molecule has 0 spiro atoms. The maximum atomic E-state index is 9.24. The fourth-order valence-electron chi connectivity index (χ4n) is 0.879. The molecule has 1 heterocycles. The van der Waals surface area contributed by atoms with Gasteiger partial charge < -0.3 is 9.84 Å². The Morgan fingerprint density at radius 3 is 2.44 bits per heavy atom. The molecule has 52 valence electrons. The largest absolute Gasteiger partial charge is 0.388 e. The summed E-state index contributed by atoms with van der Waals surface area (Å²) in [5.41, 5.74) is -0.0538. The molecule has 0 aromatic carbocycles. The molecule has 9 heavy (non-hydrogen) atoms. The Bertz CT molecular complexity index is 116. The van der Waals surface area contributed by atoms with Crippen molar-refractivity contribution in [3.8, 4) is 0 Å². The summed E-state index contributed by atoms with van der Waals surface area (Å²) in [7, 11) is 0. The van der Waals surface area contributed by atoms with Crippen molar-refractivity contribution in [1.82, 2.24) is 0 Å². The number of rotatable bonds is 2. The molecule has 1 aliphatic rings. The van der Waals surface area contributed by atoms with Crippen molar-refractivity contribution in [2.75, 3.05) is 13.2 Å². The van der Waals surface area contributed by atoms with Crippen molar-refractivity contribution in [3.05, 3.63) is 12.7 Å². The molecule has 1 atom stereocenters. The molecule has 1 fully saturated rings. The third-order valence-corrected chi connectivity index (χ3v) is 1.80. The van der Waals surface area contributed by atoms with Gasteiger partial charge in [-0.15, -0.1) is 6.58 Å². The topological polar surface area (TPSA) is 29.5 Å². The highest BCUT2D eigenvalue weighted by atomic mass is 16.5. The van der Waals surface area contributed by atoms with Gasteiger partial charge in [0.25, 0.3) is 0 Å². The Labute approximate surface area is 55.1 Å². The van der Waals surface area contributed by atoms with Gasteiger partial charge in [-0.25, -0.2) is 0 Å². The summed E-state index contributed by atoms with van der Waals surface area (Å²) >= 11 is 0. The van der Waals surface area contributed by atoms with E-state index < -0.39 is 6.10 Å². The molecule has 2 nitrogen and oxygen atoms in total. The minimum atomic E-state index is -0.411. The van der Waals surface area contributed by atoms with E-state index in [-0.39, 0.29) is 5.41 Å². The Kier molecular flexibility index (Phi) is 1.60. The zero-order chi connectivity index (χ0) is 6.91.